The molecule has 0 spiro atoms. The minimum Gasteiger partial charge on any atom is -0.319 e. The van der Waals surface area contributed by atoms with Crippen molar-refractivity contribution in [2.45, 2.75) is 12.3 Å². The predicted octanol–water partition coefficient (Wildman–Crippen LogP) is 3.47. The lowest BCUT2D eigenvalue weighted by atomic mass is 10.2. The normalized spacial score (nSPS) is 15.9. The van der Waals surface area contributed by atoms with Gasteiger partial charge in [0.15, 0.2) is 0 Å². The largest absolute Gasteiger partial charge is 0.319 e. The van der Waals surface area contributed by atoms with Gasteiger partial charge in [-0.1, -0.05) is 0 Å². The number of ketones is 1. The number of alkyl halides is 2. The highest BCUT2D eigenvalue weighted by Crippen LogP contribution is 2.39. The third-order valence-corrected chi connectivity index (χ3v) is 4.18. The van der Waals surface area contributed by atoms with E-state index in [9.17, 15) is 18.0 Å². The molecular weight excluding hydrogens is 396 g/mol. The third kappa shape index (κ3) is 2.05. The molecular formula is C14H6F3IN2O. The zero-order valence-corrected chi connectivity index (χ0v) is 12.5. The standard InChI is InChI=1S/C14H6F3IN2O/c15-9-2-1-8(3-7(9)5-19)20-6-10(18)12-11(20)4-14(16,17)13(12)21/h1-3,6H,4H2. The Balaban J connectivity index is 2.20. The Morgan fingerprint density at radius 1 is 1.38 bits per heavy atom. The van der Waals surface area contributed by atoms with Crippen molar-refractivity contribution in [1.82, 2.24) is 4.57 Å². The molecule has 0 atom stereocenters. The molecule has 106 valence electrons. The van der Waals surface area contributed by atoms with Gasteiger partial charge < -0.3 is 4.57 Å². The Morgan fingerprint density at radius 3 is 2.76 bits per heavy atom. The summed E-state index contributed by atoms with van der Waals surface area (Å²) in [5, 5.41) is 8.84. The lowest BCUT2D eigenvalue weighted by Crippen LogP contribution is -2.24. The van der Waals surface area contributed by atoms with E-state index < -0.39 is 23.9 Å². The van der Waals surface area contributed by atoms with Crippen LogP contribution >= 0.6 is 22.6 Å². The molecule has 0 N–H and O–H groups in total. The van der Waals surface area contributed by atoms with E-state index in [0.717, 1.165) is 6.07 Å². The highest BCUT2D eigenvalue weighted by atomic mass is 127. The molecule has 0 aliphatic heterocycles. The number of hydrogen-bond donors (Lipinski definition) is 0. The van der Waals surface area contributed by atoms with Gasteiger partial charge in [0.2, 0.25) is 5.78 Å². The van der Waals surface area contributed by atoms with Crippen molar-refractivity contribution in [2.24, 2.45) is 0 Å². The molecule has 0 radical (unpaired) electrons. The fourth-order valence-electron chi connectivity index (χ4n) is 2.38. The maximum absolute atomic E-state index is 13.6. The van der Waals surface area contributed by atoms with Gasteiger partial charge in [-0.15, -0.1) is 0 Å². The molecule has 1 heterocycles. The van der Waals surface area contributed by atoms with E-state index in [1.54, 1.807) is 6.07 Å². The van der Waals surface area contributed by atoms with Crippen LogP contribution in [-0.4, -0.2) is 16.3 Å². The molecule has 21 heavy (non-hydrogen) atoms. The average molecular weight is 402 g/mol. The van der Waals surface area contributed by atoms with Crippen LogP contribution in [0.25, 0.3) is 5.69 Å². The number of nitriles is 1. The number of halogens is 4. The summed E-state index contributed by atoms with van der Waals surface area (Å²) in [6, 6.07) is 5.45. The van der Waals surface area contributed by atoms with E-state index in [2.05, 4.69) is 0 Å². The van der Waals surface area contributed by atoms with Crippen LogP contribution < -0.4 is 0 Å². The molecule has 7 heteroatoms. The fourth-order valence-corrected chi connectivity index (χ4v) is 3.21. The van der Waals surface area contributed by atoms with E-state index in [1.807, 2.05) is 22.6 Å². The van der Waals surface area contributed by atoms with Gasteiger partial charge in [-0.3, -0.25) is 4.79 Å². The molecule has 0 saturated carbocycles. The van der Waals surface area contributed by atoms with E-state index in [-0.39, 0.29) is 16.8 Å². The molecule has 3 rings (SSSR count). The van der Waals surface area contributed by atoms with E-state index >= 15 is 0 Å². The zero-order valence-electron chi connectivity index (χ0n) is 10.3. The number of benzene rings is 1. The maximum Gasteiger partial charge on any atom is 0.315 e. The smallest absolute Gasteiger partial charge is 0.315 e. The number of rotatable bonds is 1. The van der Waals surface area contributed by atoms with Crippen molar-refractivity contribution >= 4 is 28.4 Å². The van der Waals surface area contributed by atoms with Crippen molar-refractivity contribution in [3.8, 4) is 11.8 Å². The van der Waals surface area contributed by atoms with Crippen LogP contribution in [0.4, 0.5) is 13.2 Å². The van der Waals surface area contributed by atoms with Crippen molar-refractivity contribution in [2.75, 3.05) is 0 Å². The highest BCUT2D eigenvalue weighted by molar-refractivity contribution is 14.1. The second-order valence-electron chi connectivity index (χ2n) is 4.66. The van der Waals surface area contributed by atoms with Gasteiger partial charge >= 0.3 is 5.92 Å². The lowest BCUT2D eigenvalue weighted by molar-refractivity contribution is 0.0161. The number of aromatic nitrogens is 1. The SMILES string of the molecule is N#Cc1cc(-n2cc(I)c3c2CC(F)(F)C3=O)ccc1F. The summed E-state index contributed by atoms with van der Waals surface area (Å²) < 4.78 is 42.3. The molecule has 0 saturated heterocycles. The summed E-state index contributed by atoms with van der Waals surface area (Å²) in [4.78, 5) is 11.7. The minimum absolute atomic E-state index is 0.00318. The summed E-state index contributed by atoms with van der Waals surface area (Å²) >= 11 is 1.82. The fraction of sp³-hybridized carbons (Fsp3) is 0.143. The number of fused-ring (bicyclic) bond motifs is 1. The molecule has 1 aromatic carbocycles. The van der Waals surface area contributed by atoms with Gasteiger partial charge in [-0.25, -0.2) is 4.39 Å². The molecule has 0 fully saturated rings. The van der Waals surface area contributed by atoms with Crippen molar-refractivity contribution < 1.29 is 18.0 Å². The Labute approximate surface area is 131 Å². The summed E-state index contributed by atoms with van der Waals surface area (Å²) in [5.41, 5.74) is 0.381. The number of Topliss-reactive ketones (excluding diaryl/α,β-unsaturated/α-hetero) is 1. The van der Waals surface area contributed by atoms with Crippen LogP contribution in [0.3, 0.4) is 0 Å². The topological polar surface area (TPSA) is 45.8 Å². The second kappa shape index (κ2) is 4.59. The first-order valence-corrected chi connectivity index (χ1v) is 6.95. The van der Waals surface area contributed by atoms with Crippen LogP contribution in [0.2, 0.25) is 0 Å². The van der Waals surface area contributed by atoms with Crippen molar-refractivity contribution in [3.05, 3.63) is 50.6 Å². The lowest BCUT2D eigenvalue weighted by Gasteiger charge is -2.10. The molecule has 1 aliphatic carbocycles. The molecule has 3 nitrogen and oxygen atoms in total. The number of carbonyl (C=O) groups excluding carboxylic acids is 1. The van der Waals surface area contributed by atoms with Crippen molar-refractivity contribution in [3.63, 3.8) is 0 Å². The molecule has 1 aliphatic rings. The number of nitrogens with zero attached hydrogens (tertiary/aromatic N) is 2. The van der Waals surface area contributed by atoms with E-state index in [1.165, 1.54) is 22.9 Å². The Hall–Kier alpha value is -1.82. The summed E-state index contributed by atoms with van der Waals surface area (Å²) in [6.45, 7) is 0. The van der Waals surface area contributed by atoms with Crippen molar-refractivity contribution in [1.29, 1.82) is 5.26 Å². The molecule has 0 unspecified atom stereocenters. The van der Waals surface area contributed by atoms with Gasteiger partial charge in [0.1, 0.15) is 11.9 Å². The quantitative estimate of drug-likeness (QED) is 0.686. The summed E-state index contributed by atoms with van der Waals surface area (Å²) in [7, 11) is 0. The van der Waals surface area contributed by atoms with Gasteiger partial charge in [-0.2, -0.15) is 14.0 Å². The van der Waals surface area contributed by atoms with Gasteiger partial charge in [-0.05, 0) is 40.8 Å². The molecule has 0 amide bonds. The Morgan fingerprint density at radius 2 is 2.10 bits per heavy atom. The average Bonchev–Trinajstić information content (AvgIpc) is 2.86. The monoisotopic (exact) mass is 402 g/mol. The van der Waals surface area contributed by atoms with Crippen LogP contribution in [0, 0.1) is 20.7 Å². The molecule has 2 aromatic rings. The molecule has 1 aromatic heterocycles. The summed E-state index contributed by atoms with van der Waals surface area (Å²) in [6.07, 6.45) is 0.843. The van der Waals surface area contributed by atoms with Gasteiger partial charge in [0.25, 0.3) is 0 Å². The van der Waals surface area contributed by atoms with E-state index in [0.29, 0.717) is 9.26 Å². The van der Waals surface area contributed by atoms with Crippen LogP contribution in [-0.2, 0) is 6.42 Å². The third-order valence-electron chi connectivity index (χ3n) is 3.36. The zero-order chi connectivity index (χ0) is 15.4. The Kier molecular flexibility index (Phi) is 3.09. The summed E-state index contributed by atoms with van der Waals surface area (Å²) in [5.74, 6) is -5.28. The first-order chi connectivity index (χ1) is 9.85. The predicted molar refractivity (Wildman–Crippen MR) is 76.1 cm³/mol. The number of hydrogen-bond acceptors (Lipinski definition) is 2. The van der Waals surface area contributed by atoms with Crippen LogP contribution in [0.5, 0.6) is 0 Å². The first-order valence-electron chi connectivity index (χ1n) is 5.87. The maximum atomic E-state index is 13.6. The highest BCUT2D eigenvalue weighted by Gasteiger charge is 2.49. The second-order valence-corrected chi connectivity index (χ2v) is 5.82. The van der Waals surface area contributed by atoms with E-state index in [4.69, 9.17) is 5.26 Å². The molecule has 0 bridgehead atoms. The van der Waals surface area contributed by atoms with Crippen LogP contribution in [0.1, 0.15) is 21.6 Å². The number of carbonyl (C=O) groups is 1. The van der Waals surface area contributed by atoms with Gasteiger partial charge in [0.05, 0.1) is 17.5 Å². The minimum atomic E-state index is -3.41. The Bertz CT molecular complexity index is 820. The van der Waals surface area contributed by atoms with Gasteiger partial charge in [0, 0.05) is 21.1 Å². The van der Waals surface area contributed by atoms with Crippen LogP contribution in [0.15, 0.2) is 24.4 Å². The first kappa shape index (κ1) is 14.1.